The molecular formula is C19H16BrN3O4. The van der Waals surface area contributed by atoms with E-state index in [9.17, 15) is 14.4 Å². The van der Waals surface area contributed by atoms with Crippen LogP contribution in [0.15, 0.2) is 58.1 Å². The quantitative estimate of drug-likeness (QED) is 0.629. The Hall–Kier alpha value is -3.00. The topological polar surface area (TPSA) is 90.3 Å². The fraction of sp³-hybridized carbons (Fsp3) is 0.158. The van der Waals surface area contributed by atoms with E-state index in [1.807, 2.05) is 13.0 Å². The highest BCUT2D eigenvalue weighted by Gasteiger charge is 2.11. The molecule has 0 aliphatic rings. The average Bonchev–Trinajstić information content (AvgIpc) is 2.65. The third-order valence-corrected chi connectivity index (χ3v) is 4.73. The predicted molar refractivity (Wildman–Crippen MR) is 104 cm³/mol. The first-order chi connectivity index (χ1) is 12.9. The van der Waals surface area contributed by atoms with E-state index >= 15 is 0 Å². The predicted octanol–water partition coefficient (Wildman–Crippen LogP) is 2.65. The number of halogens is 1. The zero-order valence-electron chi connectivity index (χ0n) is 14.4. The number of para-hydroxylation sites is 1. The van der Waals surface area contributed by atoms with Gasteiger partial charge in [-0.2, -0.15) is 0 Å². The van der Waals surface area contributed by atoms with Gasteiger partial charge < -0.3 is 10.1 Å². The Kier molecular flexibility index (Phi) is 5.66. The molecule has 3 rings (SSSR count). The molecule has 0 aliphatic carbocycles. The van der Waals surface area contributed by atoms with Gasteiger partial charge in [-0.25, -0.2) is 4.98 Å². The Morgan fingerprint density at radius 3 is 2.78 bits per heavy atom. The highest BCUT2D eigenvalue weighted by Crippen LogP contribution is 2.19. The van der Waals surface area contributed by atoms with E-state index in [0.717, 1.165) is 14.6 Å². The first-order valence-corrected chi connectivity index (χ1v) is 8.89. The summed E-state index contributed by atoms with van der Waals surface area (Å²) in [4.78, 5) is 40.4. The molecule has 0 radical (unpaired) electrons. The number of carbonyl (C=O) groups excluding carboxylic acids is 2. The number of fused-ring (bicyclic) bond motifs is 1. The van der Waals surface area contributed by atoms with Gasteiger partial charge in [0.2, 0.25) is 0 Å². The summed E-state index contributed by atoms with van der Waals surface area (Å²) in [7, 11) is 0. The number of nitrogens with one attached hydrogen (secondary N) is 1. The summed E-state index contributed by atoms with van der Waals surface area (Å²) in [5.41, 5.74) is 1.78. The molecule has 0 aliphatic heterocycles. The van der Waals surface area contributed by atoms with Gasteiger partial charge in [0.05, 0.1) is 17.2 Å². The molecule has 0 bridgehead atoms. The molecule has 0 atom stereocenters. The number of ether oxygens (including phenoxy) is 1. The minimum atomic E-state index is -0.698. The normalized spacial score (nSPS) is 10.6. The van der Waals surface area contributed by atoms with E-state index in [1.165, 1.54) is 6.33 Å². The molecule has 7 nitrogen and oxygen atoms in total. The first kappa shape index (κ1) is 18.8. The lowest BCUT2D eigenvalue weighted by Crippen LogP contribution is -2.28. The smallest absolute Gasteiger partial charge is 0.326 e. The summed E-state index contributed by atoms with van der Waals surface area (Å²) >= 11 is 3.38. The van der Waals surface area contributed by atoms with Crippen molar-refractivity contribution in [3.8, 4) is 0 Å². The third-order valence-electron chi connectivity index (χ3n) is 3.84. The van der Waals surface area contributed by atoms with Crippen molar-refractivity contribution in [3.63, 3.8) is 0 Å². The average molecular weight is 430 g/mol. The van der Waals surface area contributed by atoms with Gasteiger partial charge in [-0.05, 0) is 42.8 Å². The molecule has 0 unspecified atom stereocenters. The number of benzene rings is 2. The molecular weight excluding hydrogens is 414 g/mol. The maximum Gasteiger partial charge on any atom is 0.326 e. The molecule has 27 heavy (non-hydrogen) atoms. The van der Waals surface area contributed by atoms with Crippen LogP contribution in [0.2, 0.25) is 0 Å². The van der Waals surface area contributed by atoms with E-state index in [1.54, 1.807) is 36.4 Å². The fourth-order valence-corrected chi connectivity index (χ4v) is 2.72. The second-order valence-electron chi connectivity index (χ2n) is 5.87. The highest BCUT2D eigenvalue weighted by molar-refractivity contribution is 9.10. The lowest BCUT2D eigenvalue weighted by molar-refractivity contribution is -0.147. The van der Waals surface area contributed by atoms with E-state index in [4.69, 9.17) is 4.74 Å². The molecule has 0 spiro atoms. The van der Waals surface area contributed by atoms with Crippen LogP contribution in [0.3, 0.4) is 0 Å². The van der Waals surface area contributed by atoms with Gasteiger partial charge >= 0.3 is 5.97 Å². The summed E-state index contributed by atoms with van der Waals surface area (Å²) < 4.78 is 7.04. The number of amides is 1. The molecule has 1 amide bonds. The van der Waals surface area contributed by atoms with Crippen LogP contribution in [0, 0.1) is 6.92 Å². The number of hydrogen-bond donors (Lipinski definition) is 1. The first-order valence-electron chi connectivity index (χ1n) is 8.10. The number of anilines is 1. The lowest BCUT2D eigenvalue weighted by atomic mass is 10.2. The van der Waals surface area contributed by atoms with E-state index in [-0.39, 0.29) is 12.1 Å². The van der Waals surface area contributed by atoms with Crippen LogP contribution in [0.25, 0.3) is 10.9 Å². The molecule has 1 N–H and O–H groups in total. The van der Waals surface area contributed by atoms with Crippen molar-refractivity contribution < 1.29 is 14.3 Å². The monoisotopic (exact) mass is 429 g/mol. The summed E-state index contributed by atoms with van der Waals surface area (Å²) in [5, 5.41) is 3.06. The Balaban J connectivity index is 1.58. The van der Waals surface area contributed by atoms with Crippen molar-refractivity contribution in [1.29, 1.82) is 0 Å². The lowest BCUT2D eigenvalue weighted by Gasteiger charge is -2.09. The minimum absolute atomic E-state index is 0.318. The minimum Gasteiger partial charge on any atom is -0.454 e. The zero-order chi connectivity index (χ0) is 19.4. The van der Waals surface area contributed by atoms with Crippen LogP contribution >= 0.6 is 15.9 Å². The van der Waals surface area contributed by atoms with Crippen molar-refractivity contribution in [1.82, 2.24) is 9.55 Å². The summed E-state index contributed by atoms with van der Waals surface area (Å²) in [6.45, 7) is 1.14. The SMILES string of the molecule is Cc1cc(NC(=O)COC(=O)Cn2cnc3ccccc3c2=O)ccc1Br. The Morgan fingerprint density at radius 1 is 1.22 bits per heavy atom. The Bertz CT molecular complexity index is 1080. The molecule has 0 saturated heterocycles. The number of rotatable bonds is 5. The molecule has 1 aromatic heterocycles. The molecule has 138 valence electrons. The Labute approximate surface area is 163 Å². The van der Waals surface area contributed by atoms with Crippen molar-refractivity contribution in [2.75, 3.05) is 11.9 Å². The number of carbonyl (C=O) groups is 2. The van der Waals surface area contributed by atoms with Crippen molar-refractivity contribution >= 4 is 44.4 Å². The maximum absolute atomic E-state index is 12.3. The van der Waals surface area contributed by atoms with Crippen molar-refractivity contribution in [3.05, 3.63) is 69.2 Å². The molecule has 0 fully saturated rings. The molecule has 2 aromatic carbocycles. The van der Waals surface area contributed by atoms with Gasteiger partial charge in [-0.15, -0.1) is 0 Å². The van der Waals surface area contributed by atoms with Crippen molar-refractivity contribution in [2.45, 2.75) is 13.5 Å². The van der Waals surface area contributed by atoms with Crippen LogP contribution in [-0.4, -0.2) is 28.0 Å². The van der Waals surface area contributed by atoms with Gasteiger partial charge in [0, 0.05) is 10.2 Å². The molecule has 1 heterocycles. The standard InChI is InChI=1S/C19H16BrN3O4/c1-12-8-13(6-7-15(12)20)22-17(24)10-27-18(25)9-23-11-21-16-5-3-2-4-14(16)19(23)26/h2-8,11H,9-10H2,1H3,(H,22,24). The molecule has 3 aromatic rings. The largest absolute Gasteiger partial charge is 0.454 e. The molecule has 8 heteroatoms. The molecule has 0 saturated carbocycles. The van der Waals surface area contributed by atoms with E-state index < -0.39 is 18.5 Å². The number of aryl methyl sites for hydroxylation is 1. The van der Waals surface area contributed by atoms with Gasteiger partial charge in [-0.3, -0.25) is 19.0 Å². The van der Waals surface area contributed by atoms with Gasteiger partial charge in [0.15, 0.2) is 6.61 Å². The number of hydrogen-bond acceptors (Lipinski definition) is 5. The number of nitrogens with zero attached hydrogens (tertiary/aromatic N) is 2. The second kappa shape index (κ2) is 8.13. The number of esters is 1. The van der Waals surface area contributed by atoms with Gasteiger partial charge in [-0.1, -0.05) is 28.1 Å². The van der Waals surface area contributed by atoms with Crippen LogP contribution < -0.4 is 10.9 Å². The van der Waals surface area contributed by atoms with E-state index in [2.05, 4.69) is 26.2 Å². The van der Waals surface area contributed by atoms with Gasteiger partial charge in [0.1, 0.15) is 6.54 Å². The van der Waals surface area contributed by atoms with Crippen LogP contribution in [-0.2, 0) is 20.9 Å². The van der Waals surface area contributed by atoms with E-state index in [0.29, 0.717) is 16.6 Å². The maximum atomic E-state index is 12.3. The third kappa shape index (κ3) is 4.59. The summed E-state index contributed by atoms with van der Waals surface area (Å²) in [5.74, 6) is -1.16. The van der Waals surface area contributed by atoms with Crippen molar-refractivity contribution in [2.24, 2.45) is 0 Å². The second-order valence-corrected chi connectivity index (χ2v) is 6.72. The Morgan fingerprint density at radius 2 is 2.00 bits per heavy atom. The van der Waals surface area contributed by atoms with Crippen LogP contribution in [0.5, 0.6) is 0 Å². The number of aromatic nitrogens is 2. The fourth-order valence-electron chi connectivity index (χ4n) is 2.47. The van der Waals surface area contributed by atoms with Crippen LogP contribution in [0.4, 0.5) is 5.69 Å². The summed E-state index contributed by atoms with van der Waals surface area (Å²) in [6.07, 6.45) is 1.29. The highest BCUT2D eigenvalue weighted by atomic mass is 79.9. The van der Waals surface area contributed by atoms with Crippen LogP contribution in [0.1, 0.15) is 5.56 Å². The summed E-state index contributed by atoms with van der Waals surface area (Å²) in [6, 6.07) is 12.2. The van der Waals surface area contributed by atoms with Gasteiger partial charge in [0.25, 0.3) is 11.5 Å². The zero-order valence-corrected chi connectivity index (χ0v) is 16.0.